The van der Waals surface area contributed by atoms with Crippen molar-refractivity contribution < 1.29 is 4.79 Å². The fraction of sp³-hybridized carbons (Fsp3) is 0.625. The van der Waals surface area contributed by atoms with E-state index in [1.807, 2.05) is 0 Å². The Bertz CT molecular complexity index is 170. The highest BCUT2D eigenvalue weighted by atomic mass is 16.2. The van der Waals surface area contributed by atoms with Gasteiger partial charge in [-0.15, -0.1) is 6.58 Å². The number of urea groups is 1. The largest absolute Gasteiger partial charge is 0.339 e. The second kappa shape index (κ2) is 4.77. The van der Waals surface area contributed by atoms with Crippen LogP contribution in [0.15, 0.2) is 12.7 Å². The molecule has 4 nitrogen and oxygen atoms in total. The molecule has 0 unspecified atom stereocenters. The molecule has 1 aliphatic heterocycles. The summed E-state index contributed by atoms with van der Waals surface area (Å²) in [6, 6.07) is -0.0737. The van der Waals surface area contributed by atoms with Crippen molar-refractivity contribution >= 4 is 6.03 Å². The molecule has 1 rings (SSSR count). The number of amides is 2. The average Bonchev–Trinajstić information content (AvgIpc) is 2.46. The summed E-state index contributed by atoms with van der Waals surface area (Å²) in [7, 11) is 0. The van der Waals surface area contributed by atoms with E-state index in [2.05, 4.69) is 17.2 Å². The first-order valence-electron chi connectivity index (χ1n) is 4.12. The number of nitrogens with zero attached hydrogens (tertiary/aromatic N) is 2. The Labute approximate surface area is 72.6 Å². The third kappa shape index (κ3) is 2.54. The van der Waals surface area contributed by atoms with Gasteiger partial charge in [0.05, 0.1) is 6.54 Å². The lowest BCUT2D eigenvalue weighted by Crippen LogP contribution is -2.33. The average molecular weight is 168 g/mol. The fourth-order valence-corrected chi connectivity index (χ4v) is 1.09. The molecule has 1 radical (unpaired) electrons. The van der Waals surface area contributed by atoms with E-state index in [-0.39, 0.29) is 6.03 Å². The number of hydrogen-bond donors (Lipinski definition) is 1. The van der Waals surface area contributed by atoms with Crippen molar-refractivity contribution in [2.45, 2.75) is 0 Å². The summed E-state index contributed by atoms with van der Waals surface area (Å²) >= 11 is 0. The monoisotopic (exact) mass is 168 g/mol. The minimum Gasteiger partial charge on any atom is -0.320 e. The van der Waals surface area contributed by atoms with Crippen molar-refractivity contribution in [1.29, 1.82) is 0 Å². The maximum absolute atomic E-state index is 10.9. The van der Waals surface area contributed by atoms with Gasteiger partial charge in [-0.2, -0.15) is 0 Å². The zero-order valence-electron chi connectivity index (χ0n) is 7.12. The molecule has 12 heavy (non-hydrogen) atoms. The van der Waals surface area contributed by atoms with Gasteiger partial charge in [-0.05, 0) is 0 Å². The summed E-state index contributed by atoms with van der Waals surface area (Å²) in [5.41, 5.74) is 0. The van der Waals surface area contributed by atoms with Gasteiger partial charge in [-0.25, -0.2) is 10.1 Å². The second-order valence-corrected chi connectivity index (χ2v) is 2.64. The van der Waals surface area contributed by atoms with Crippen molar-refractivity contribution in [2.24, 2.45) is 0 Å². The minimum atomic E-state index is -0.0737. The van der Waals surface area contributed by atoms with E-state index in [1.54, 1.807) is 11.0 Å². The van der Waals surface area contributed by atoms with E-state index in [1.165, 1.54) is 0 Å². The van der Waals surface area contributed by atoms with Gasteiger partial charge in [0.1, 0.15) is 0 Å². The van der Waals surface area contributed by atoms with E-state index in [0.29, 0.717) is 6.54 Å². The first-order valence-corrected chi connectivity index (χ1v) is 4.12. The molecule has 0 aromatic rings. The summed E-state index contributed by atoms with van der Waals surface area (Å²) < 4.78 is 0. The van der Waals surface area contributed by atoms with Gasteiger partial charge in [0.2, 0.25) is 0 Å². The lowest BCUT2D eigenvalue weighted by Gasteiger charge is -2.12. The lowest BCUT2D eigenvalue weighted by atomic mass is 10.5. The molecular formula is C8H14N3O. The maximum atomic E-state index is 10.9. The highest BCUT2D eigenvalue weighted by molar-refractivity contribution is 5.75. The van der Waals surface area contributed by atoms with Crippen LogP contribution in [0.2, 0.25) is 0 Å². The third-order valence-electron chi connectivity index (χ3n) is 1.73. The quantitative estimate of drug-likeness (QED) is 0.456. The first kappa shape index (κ1) is 9.06. The number of rotatable bonds is 5. The Morgan fingerprint density at radius 2 is 2.58 bits per heavy atom. The number of carbonyl (C=O) groups excluding carboxylic acids is 1. The SMILES string of the molecule is C=CCNCCN1CC[N]C1=O. The smallest absolute Gasteiger partial charge is 0.320 e. The van der Waals surface area contributed by atoms with Crippen molar-refractivity contribution in [3.63, 3.8) is 0 Å². The van der Waals surface area contributed by atoms with Crippen LogP contribution < -0.4 is 10.6 Å². The standard InChI is InChI=1S/C8H14N3O/c1-2-3-9-4-6-11-7-5-10-8(11)12/h2,9H,1,3-7H2. The molecule has 0 aromatic carbocycles. The van der Waals surface area contributed by atoms with Gasteiger partial charge in [0, 0.05) is 26.2 Å². The van der Waals surface area contributed by atoms with Crippen LogP contribution in [0, 0.1) is 0 Å². The number of nitrogens with one attached hydrogen (secondary N) is 1. The molecule has 0 saturated carbocycles. The van der Waals surface area contributed by atoms with E-state index >= 15 is 0 Å². The van der Waals surface area contributed by atoms with Gasteiger partial charge >= 0.3 is 6.03 Å². The summed E-state index contributed by atoms with van der Waals surface area (Å²) in [5.74, 6) is 0. The van der Waals surface area contributed by atoms with E-state index in [9.17, 15) is 4.79 Å². The van der Waals surface area contributed by atoms with Crippen LogP contribution in [0.1, 0.15) is 0 Å². The van der Waals surface area contributed by atoms with Gasteiger partial charge in [-0.3, -0.25) is 0 Å². The molecule has 67 valence electrons. The van der Waals surface area contributed by atoms with Crippen LogP contribution in [0.5, 0.6) is 0 Å². The third-order valence-corrected chi connectivity index (χ3v) is 1.73. The topological polar surface area (TPSA) is 46.4 Å². The number of hydrogen-bond acceptors (Lipinski definition) is 2. The molecule has 2 amide bonds. The van der Waals surface area contributed by atoms with Gasteiger partial charge in [0.25, 0.3) is 0 Å². The minimum absolute atomic E-state index is 0.0737. The normalized spacial score (nSPS) is 16.3. The summed E-state index contributed by atoms with van der Waals surface area (Å²) in [6.07, 6.45) is 1.80. The summed E-state index contributed by atoms with van der Waals surface area (Å²) in [5, 5.41) is 6.88. The fourth-order valence-electron chi connectivity index (χ4n) is 1.09. The Morgan fingerprint density at radius 3 is 3.17 bits per heavy atom. The molecule has 0 aliphatic carbocycles. The predicted octanol–water partition coefficient (Wildman–Crippen LogP) is -0.198. The van der Waals surface area contributed by atoms with Gasteiger partial charge in [0.15, 0.2) is 0 Å². The first-order chi connectivity index (χ1) is 5.84. The Hall–Kier alpha value is -1.03. The molecule has 0 aromatic heterocycles. The van der Waals surface area contributed by atoms with Crippen molar-refractivity contribution in [2.75, 3.05) is 32.7 Å². The molecule has 0 bridgehead atoms. The molecule has 4 heteroatoms. The van der Waals surface area contributed by atoms with E-state index < -0.39 is 0 Å². The molecular weight excluding hydrogens is 154 g/mol. The van der Waals surface area contributed by atoms with Crippen LogP contribution in [0.3, 0.4) is 0 Å². The Morgan fingerprint density at radius 1 is 1.75 bits per heavy atom. The molecule has 1 N–H and O–H groups in total. The number of carbonyl (C=O) groups is 1. The van der Waals surface area contributed by atoms with Crippen molar-refractivity contribution in [3.8, 4) is 0 Å². The van der Waals surface area contributed by atoms with Crippen LogP contribution in [-0.2, 0) is 0 Å². The molecule has 1 aliphatic rings. The molecule has 0 spiro atoms. The summed E-state index contributed by atoms with van der Waals surface area (Å²) in [6.45, 7) is 7.36. The molecule has 0 atom stereocenters. The van der Waals surface area contributed by atoms with E-state index in [4.69, 9.17) is 0 Å². The van der Waals surface area contributed by atoms with Crippen LogP contribution in [-0.4, -0.2) is 43.7 Å². The molecule has 1 heterocycles. The zero-order chi connectivity index (χ0) is 8.81. The van der Waals surface area contributed by atoms with Gasteiger partial charge < -0.3 is 10.2 Å². The van der Waals surface area contributed by atoms with Crippen LogP contribution in [0.4, 0.5) is 4.79 Å². The van der Waals surface area contributed by atoms with Crippen LogP contribution >= 0.6 is 0 Å². The highest BCUT2D eigenvalue weighted by Crippen LogP contribution is 1.95. The second-order valence-electron chi connectivity index (χ2n) is 2.64. The Balaban J connectivity index is 2.06. The van der Waals surface area contributed by atoms with Crippen molar-refractivity contribution in [3.05, 3.63) is 12.7 Å². The lowest BCUT2D eigenvalue weighted by molar-refractivity contribution is 0.217. The molecule has 1 fully saturated rings. The predicted molar refractivity (Wildman–Crippen MR) is 47.0 cm³/mol. The Kier molecular flexibility index (Phi) is 3.60. The maximum Gasteiger partial charge on any atom is 0.339 e. The van der Waals surface area contributed by atoms with Crippen LogP contribution in [0.25, 0.3) is 0 Å². The van der Waals surface area contributed by atoms with Gasteiger partial charge in [-0.1, -0.05) is 6.08 Å². The molecule has 1 saturated heterocycles. The summed E-state index contributed by atoms with van der Waals surface area (Å²) in [4.78, 5) is 12.7. The van der Waals surface area contributed by atoms with Crippen molar-refractivity contribution in [1.82, 2.24) is 15.5 Å². The zero-order valence-corrected chi connectivity index (χ0v) is 7.12. The highest BCUT2D eigenvalue weighted by Gasteiger charge is 2.19. The van der Waals surface area contributed by atoms with E-state index in [0.717, 1.165) is 26.2 Å².